The Bertz CT molecular complexity index is 972. The molecule has 1 N–H and O–H groups in total. The number of hydrogen-bond donors (Lipinski definition) is 1. The van der Waals surface area contributed by atoms with Crippen molar-refractivity contribution in [2.45, 2.75) is 64.9 Å². The smallest absolute Gasteiger partial charge is 0.196 e. The number of hydrogen-bond acceptors (Lipinski definition) is 4. The van der Waals surface area contributed by atoms with E-state index in [2.05, 4.69) is 17.2 Å². The first kappa shape index (κ1) is 24.5. The SMILES string of the molecule is CCCCCCCCCCNc1ncccc1C(=O)c1cccc(OCc2ccccc2)c1. The molecule has 0 bridgehead atoms. The van der Waals surface area contributed by atoms with Crippen LogP contribution in [-0.2, 0) is 6.61 Å². The Labute approximate surface area is 198 Å². The summed E-state index contributed by atoms with van der Waals surface area (Å²) >= 11 is 0. The Morgan fingerprint density at radius 1 is 0.848 bits per heavy atom. The highest BCUT2D eigenvalue weighted by molar-refractivity contribution is 6.12. The molecule has 0 aliphatic heterocycles. The summed E-state index contributed by atoms with van der Waals surface area (Å²) < 4.78 is 5.90. The van der Waals surface area contributed by atoms with Crippen LogP contribution in [0.1, 0.15) is 79.8 Å². The highest BCUT2D eigenvalue weighted by Gasteiger charge is 2.15. The number of unbranched alkanes of at least 4 members (excludes halogenated alkanes) is 7. The van der Waals surface area contributed by atoms with Crippen molar-refractivity contribution < 1.29 is 9.53 Å². The Morgan fingerprint density at radius 3 is 2.39 bits per heavy atom. The lowest BCUT2D eigenvalue weighted by atomic mass is 10.0. The van der Waals surface area contributed by atoms with Gasteiger partial charge in [0.15, 0.2) is 5.78 Å². The number of pyridine rings is 1. The number of aromatic nitrogens is 1. The molecule has 174 valence electrons. The number of ketones is 1. The Morgan fingerprint density at radius 2 is 1.61 bits per heavy atom. The molecule has 4 heteroatoms. The summed E-state index contributed by atoms with van der Waals surface area (Å²) in [5.74, 6) is 1.29. The molecule has 0 aliphatic carbocycles. The third kappa shape index (κ3) is 8.38. The standard InChI is InChI=1S/C29H36N2O2/c1-2-3-4-5-6-7-8-12-20-30-29-27(19-14-21-31-29)28(32)25-17-13-18-26(22-25)33-23-24-15-10-9-11-16-24/h9-11,13-19,21-22H,2-8,12,20,23H2,1H3,(H,30,31). The van der Waals surface area contributed by atoms with E-state index in [9.17, 15) is 4.79 Å². The molecule has 33 heavy (non-hydrogen) atoms. The van der Waals surface area contributed by atoms with Crippen LogP contribution in [0.25, 0.3) is 0 Å². The number of carbonyl (C=O) groups is 1. The molecule has 3 rings (SSSR count). The van der Waals surface area contributed by atoms with Crippen LogP contribution in [0.15, 0.2) is 72.9 Å². The lowest BCUT2D eigenvalue weighted by molar-refractivity contribution is 0.103. The summed E-state index contributed by atoms with van der Waals surface area (Å²) in [7, 11) is 0. The largest absolute Gasteiger partial charge is 0.489 e. The molecule has 0 fully saturated rings. The monoisotopic (exact) mass is 444 g/mol. The molecule has 1 aromatic heterocycles. The highest BCUT2D eigenvalue weighted by Crippen LogP contribution is 2.21. The predicted molar refractivity (Wildman–Crippen MR) is 136 cm³/mol. The average Bonchev–Trinajstić information content (AvgIpc) is 2.87. The number of carbonyl (C=O) groups excluding carboxylic acids is 1. The fraction of sp³-hybridized carbons (Fsp3) is 0.379. The van der Waals surface area contributed by atoms with Crippen molar-refractivity contribution in [2.75, 3.05) is 11.9 Å². The van der Waals surface area contributed by atoms with Crippen LogP contribution >= 0.6 is 0 Å². The van der Waals surface area contributed by atoms with Gasteiger partial charge in [0.25, 0.3) is 0 Å². The maximum Gasteiger partial charge on any atom is 0.196 e. The van der Waals surface area contributed by atoms with E-state index in [0.29, 0.717) is 29.3 Å². The molecule has 0 saturated carbocycles. The van der Waals surface area contributed by atoms with Crippen LogP contribution < -0.4 is 10.1 Å². The summed E-state index contributed by atoms with van der Waals surface area (Å²) in [5, 5.41) is 3.37. The van der Waals surface area contributed by atoms with Crippen molar-refractivity contribution in [3.05, 3.63) is 89.6 Å². The van der Waals surface area contributed by atoms with Crippen LogP contribution in [0.4, 0.5) is 5.82 Å². The molecule has 0 amide bonds. The molecule has 0 aliphatic rings. The van der Waals surface area contributed by atoms with Gasteiger partial charge in [-0.15, -0.1) is 0 Å². The van der Waals surface area contributed by atoms with Crippen molar-refractivity contribution in [3.8, 4) is 5.75 Å². The van der Waals surface area contributed by atoms with Crippen LogP contribution in [0.2, 0.25) is 0 Å². The molecular formula is C29H36N2O2. The summed E-state index contributed by atoms with van der Waals surface area (Å²) in [6.45, 7) is 3.54. The van der Waals surface area contributed by atoms with Crippen LogP contribution in [0.5, 0.6) is 5.75 Å². The number of benzene rings is 2. The van der Waals surface area contributed by atoms with Gasteiger partial charge in [0.2, 0.25) is 0 Å². The third-order valence-corrected chi connectivity index (χ3v) is 5.72. The molecule has 4 nitrogen and oxygen atoms in total. The van der Waals surface area contributed by atoms with Crippen LogP contribution in [0, 0.1) is 0 Å². The fourth-order valence-corrected chi connectivity index (χ4v) is 3.82. The highest BCUT2D eigenvalue weighted by atomic mass is 16.5. The Balaban J connectivity index is 1.52. The normalized spacial score (nSPS) is 10.7. The molecule has 0 unspecified atom stereocenters. The summed E-state index contributed by atoms with van der Waals surface area (Å²) in [6, 6.07) is 21.0. The molecule has 0 spiro atoms. The van der Waals surface area contributed by atoms with Crippen molar-refractivity contribution in [2.24, 2.45) is 0 Å². The second kappa shape index (κ2) is 14.1. The van der Waals surface area contributed by atoms with Gasteiger partial charge in [0.1, 0.15) is 18.2 Å². The number of rotatable bonds is 15. The summed E-state index contributed by atoms with van der Waals surface area (Å²) in [5.41, 5.74) is 2.29. The minimum absolute atomic E-state index is 0.0494. The lowest BCUT2D eigenvalue weighted by Gasteiger charge is -2.11. The van der Waals surface area contributed by atoms with Crippen LogP contribution in [0.3, 0.4) is 0 Å². The Hall–Kier alpha value is -3.14. The number of nitrogens with zero attached hydrogens (tertiary/aromatic N) is 1. The number of ether oxygens (including phenoxy) is 1. The molecule has 2 aromatic carbocycles. The quantitative estimate of drug-likeness (QED) is 0.195. The molecule has 3 aromatic rings. The van der Waals surface area contributed by atoms with E-state index in [1.807, 2.05) is 60.7 Å². The van der Waals surface area contributed by atoms with E-state index < -0.39 is 0 Å². The minimum Gasteiger partial charge on any atom is -0.489 e. The number of nitrogens with one attached hydrogen (secondary N) is 1. The van der Waals surface area contributed by atoms with Gasteiger partial charge in [-0.25, -0.2) is 4.98 Å². The molecule has 0 radical (unpaired) electrons. The van der Waals surface area contributed by atoms with Gasteiger partial charge in [-0.05, 0) is 36.2 Å². The van der Waals surface area contributed by atoms with Crippen molar-refractivity contribution in [1.29, 1.82) is 0 Å². The average molecular weight is 445 g/mol. The lowest BCUT2D eigenvalue weighted by Crippen LogP contribution is -2.11. The molecule has 0 saturated heterocycles. The first-order valence-electron chi connectivity index (χ1n) is 12.3. The topological polar surface area (TPSA) is 51.2 Å². The number of anilines is 1. The maximum absolute atomic E-state index is 13.2. The van der Waals surface area contributed by atoms with Crippen molar-refractivity contribution in [3.63, 3.8) is 0 Å². The Kier molecular flexibility index (Phi) is 10.5. The van der Waals surface area contributed by atoms with E-state index in [-0.39, 0.29) is 5.78 Å². The van der Waals surface area contributed by atoms with E-state index in [1.54, 1.807) is 12.3 Å². The first-order chi connectivity index (χ1) is 16.3. The molecule has 0 atom stereocenters. The predicted octanol–water partition coefficient (Wildman–Crippen LogP) is 7.44. The van der Waals surface area contributed by atoms with Crippen molar-refractivity contribution in [1.82, 2.24) is 4.98 Å². The van der Waals surface area contributed by atoms with Gasteiger partial charge in [0, 0.05) is 18.3 Å². The zero-order valence-corrected chi connectivity index (χ0v) is 19.8. The van der Waals surface area contributed by atoms with Gasteiger partial charge in [-0.1, -0.05) is 94.3 Å². The summed E-state index contributed by atoms with van der Waals surface area (Å²) in [6.07, 6.45) is 11.9. The van der Waals surface area contributed by atoms with E-state index >= 15 is 0 Å². The zero-order valence-electron chi connectivity index (χ0n) is 19.8. The fourth-order valence-electron chi connectivity index (χ4n) is 3.82. The van der Waals surface area contributed by atoms with E-state index in [0.717, 1.165) is 18.5 Å². The van der Waals surface area contributed by atoms with E-state index in [1.165, 1.54) is 44.9 Å². The second-order valence-corrected chi connectivity index (χ2v) is 8.43. The molecule has 1 heterocycles. The van der Waals surface area contributed by atoms with Gasteiger partial charge in [-0.2, -0.15) is 0 Å². The van der Waals surface area contributed by atoms with Gasteiger partial charge in [0.05, 0.1) is 5.56 Å². The van der Waals surface area contributed by atoms with Gasteiger partial charge in [-0.3, -0.25) is 4.79 Å². The van der Waals surface area contributed by atoms with Gasteiger partial charge >= 0.3 is 0 Å². The van der Waals surface area contributed by atoms with E-state index in [4.69, 9.17) is 4.74 Å². The van der Waals surface area contributed by atoms with Gasteiger partial charge < -0.3 is 10.1 Å². The summed E-state index contributed by atoms with van der Waals surface area (Å²) in [4.78, 5) is 17.6. The first-order valence-corrected chi connectivity index (χ1v) is 12.3. The third-order valence-electron chi connectivity index (χ3n) is 5.72. The van der Waals surface area contributed by atoms with Crippen molar-refractivity contribution >= 4 is 11.6 Å². The van der Waals surface area contributed by atoms with Crippen LogP contribution in [-0.4, -0.2) is 17.3 Å². The minimum atomic E-state index is -0.0494. The molecular weight excluding hydrogens is 408 g/mol. The second-order valence-electron chi connectivity index (χ2n) is 8.43. The zero-order chi connectivity index (χ0) is 23.1. The maximum atomic E-state index is 13.2.